The largest absolute Gasteiger partial charge is 0.492 e. The van der Waals surface area contributed by atoms with Crippen molar-refractivity contribution >= 4 is 44.0 Å². The number of para-hydroxylation sites is 1. The Labute approximate surface area is 210 Å². The lowest BCUT2D eigenvalue weighted by Gasteiger charge is -2.27. The van der Waals surface area contributed by atoms with Crippen LogP contribution in [0.4, 0.5) is 16.5 Å². The quantitative estimate of drug-likeness (QED) is 0.290. The Morgan fingerprint density at radius 3 is 2.50 bits per heavy atom. The Morgan fingerprint density at radius 2 is 1.86 bits per heavy atom. The van der Waals surface area contributed by atoms with E-state index in [4.69, 9.17) is 9.47 Å². The third kappa shape index (κ3) is 5.75. The van der Waals surface area contributed by atoms with Crippen LogP contribution in [0.5, 0.6) is 5.75 Å². The fourth-order valence-electron chi connectivity index (χ4n) is 3.95. The topological polar surface area (TPSA) is 141 Å². The summed E-state index contributed by atoms with van der Waals surface area (Å²) in [5, 5.41) is 23.1. The van der Waals surface area contributed by atoms with Crippen molar-refractivity contribution in [2.45, 2.75) is 13.3 Å². The van der Waals surface area contributed by atoms with Gasteiger partial charge in [-0.25, -0.2) is 4.98 Å². The van der Waals surface area contributed by atoms with E-state index < -0.39 is 27.1 Å². The maximum Gasteiger partial charge on any atom is 0.277 e. The van der Waals surface area contributed by atoms with Gasteiger partial charge in [0.25, 0.3) is 17.3 Å². The predicted molar refractivity (Wildman–Crippen MR) is 134 cm³/mol. The molecular formula is C23H25N5O7S. The Morgan fingerprint density at radius 1 is 1.17 bits per heavy atom. The highest BCUT2D eigenvalue weighted by Gasteiger charge is 2.27. The van der Waals surface area contributed by atoms with Gasteiger partial charge in [-0.1, -0.05) is 17.4 Å². The SMILES string of the molecule is CCOc1cccc2sc(N(CCCN3CCOCC3)C(=O)c3cc([N+](=O)[O-])cc([N+](=O)[O-])c3)nc12. The maximum atomic E-state index is 13.6. The number of thiazole rings is 1. The Kier molecular flexibility index (Phi) is 8.03. The summed E-state index contributed by atoms with van der Waals surface area (Å²) in [5.41, 5.74) is -0.589. The van der Waals surface area contributed by atoms with Crippen molar-refractivity contribution in [3.63, 3.8) is 0 Å². The summed E-state index contributed by atoms with van der Waals surface area (Å²) in [6.07, 6.45) is 0.608. The van der Waals surface area contributed by atoms with Gasteiger partial charge in [-0.15, -0.1) is 0 Å². The van der Waals surface area contributed by atoms with E-state index in [1.165, 1.54) is 16.2 Å². The average molecular weight is 516 g/mol. The summed E-state index contributed by atoms with van der Waals surface area (Å²) in [4.78, 5) is 43.2. The number of nitrogens with zero attached hydrogens (tertiary/aromatic N) is 5. The molecule has 0 N–H and O–H groups in total. The van der Waals surface area contributed by atoms with Crippen LogP contribution in [0.25, 0.3) is 10.2 Å². The van der Waals surface area contributed by atoms with Gasteiger partial charge in [-0.3, -0.25) is 34.8 Å². The number of nitro benzene ring substituents is 2. The van der Waals surface area contributed by atoms with Gasteiger partial charge in [0.05, 0.1) is 46.0 Å². The molecule has 0 unspecified atom stereocenters. The number of amides is 1. The lowest BCUT2D eigenvalue weighted by atomic mass is 10.1. The van der Waals surface area contributed by atoms with Crippen molar-refractivity contribution in [3.8, 4) is 5.75 Å². The van der Waals surface area contributed by atoms with E-state index in [9.17, 15) is 25.0 Å². The van der Waals surface area contributed by atoms with Crippen molar-refractivity contribution < 1.29 is 24.1 Å². The number of hydrogen-bond donors (Lipinski definition) is 0. The third-order valence-corrected chi connectivity index (χ3v) is 6.72. The monoisotopic (exact) mass is 515 g/mol. The zero-order valence-electron chi connectivity index (χ0n) is 19.6. The number of non-ortho nitro benzene ring substituents is 2. The number of benzene rings is 2. The first kappa shape index (κ1) is 25.4. The molecule has 1 aliphatic rings. The van der Waals surface area contributed by atoms with Gasteiger partial charge in [0, 0.05) is 38.3 Å². The molecule has 13 heteroatoms. The minimum absolute atomic E-state index is 0.147. The molecule has 1 aromatic heterocycles. The number of hydrogen-bond acceptors (Lipinski definition) is 10. The number of carbonyl (C=O) groups is 1. The molecule has 0 saturated carbocycles. The smallest absolute Gasteiger partial charge is 0.277 e. The minimum atomic E-state index is -0.751. The van der Waals surface area contributed by atoms with Crippen LogP contribution in [0.1, 0.15) is 23.7 Å². The number of rotatable bonds is 10. The van der Waals surface area contributed by atoms with Gasteiger partial charge >= 0.3 is 0 Å². The van der Waals surface area contributed by atoms with Crippen molar-refractivity contribution in [2.24, 2.45) is 0 Å². The van der Waals surface area contributed by atoms with Crippen molar-refractivity contribution in [1.29, 1.82) is 0 Å². The molecule has 2 heterocycles. The molecule has 1 amide bonds. The summed E-state index contributed by atoms with van der Waals surface area (Å²) in [6.45, 7) is 6.20. The number of nitro groups is 2. The Hall–Kier alpha value is -3.68. The second kappa shape index (κ2) is 11.4. The highest BCUT2D eigenvalue weighted by Crippen LogP contribution is 2.35. The van der Waals surface area contributed by atoms with Crippen molar-refractivity contribution in [1.82, 2.24) is 9.88 Å². The van der Waals surface area contributed by atoms with E-state index in [0.29, 0.717) is 42.6 Å². The Bertz CT molecular complexity index is 1240. The van der Waals surface area contributed by atoms with Crippen molar-refractivity contribution in [3.05, 3.63) is 62.2 Å². The summed E-state index contributed by atoms with van der Waals surface area (Å²) in [7, 11) is 0. The van der Waals surface area contributed by atoms with E-state index in [1.807, 2.05) is 19.1 Å². The van der Waals surface area contributed by atoms with Crippen LogP contribution in [0.3, 0.4) is 0 Å². The molecule has 12 nitrogen and oxygen atoms in total. The second-order valence-electron chi connectivity index (χ2n) is 8.05. The van der Waals surface area contributed by atoms with Gasteiger partial charge in [-0.2, -0.15) is 0 Å². The molecule has 0 aliphatic carbocycles. The standard InChI is InChI=1S/C23H25N5O7S/c1-2-35-19-5-3-6-20-21(19)24-23(36-20)26(8-4-7-25-9-11-34-12-10-25)22(29)16-13-17(27(30)31)15-18(14-16)28(32)33/h3,5-6,13-15H,2,4,7-12H2,1H3. The van der Waals surface area contributed by atoms with E-state index in [-0.39, 0.29) is 12.1 Å². The van der Waals surface area contributed by atoms with E-state index in [1.54, 1.807) is 6.07 Å². The number of carbonyl (C=O) groups excluding carboxylic acids is 1. The maximum absolute atomic E-state index is 13.6. The molecule has 1 saturated heterocycles. The number of anilines is 1. The fraction of sp³-hybridized carbons (Fsp3) is 0.391. The zero-order chi connectivity index (χ0) is 25.7. The second-order valence-corrected chi connectivity index (χ2v) is 9.06. The molecule has 4 rings (SSSR count). The molecule has 0 bridgehead atoms. The van der Waals surface area contributed by atoms with Gasteiger partial charge in [-0.05, 0) is 25.5 Å². The fourth-order valence-corrected chi connectivity index (χ4v) is 4.95. The molecule has 3 aromatic rings. The van der Waals surface area contributed by atoms with Crippen LogP contribution in [-0.2, 0) is 4.74 Å². The molecule has 0 radical (unpaired) electrons. The van der Waals surface area contributed by atoms with Crippen LogP contribution in [0.2, 0.25) is 0 Å². The van der Waals surface area contributed by atoms with Crippen molar-refractivity contribution in [2.75, 3.05) is 50.9 Å². The molecule has 0 spiro atoms. The average Bonchev–Trinajstić information content (AvgIpc) is 3.31. The summed E-state index contributed by atoms with van der Waals surface area (Å²) in [6, 6.07) is 8.46. The van der Waals surface area contributed by atoms with E-state index >= 15 is 0 Å². The van der Waals surface area contributed by atoms with Crippen LogP contribution in [0, 0.1) is 20.2 Å². The number of ether oxygens (including phenoxy) is 2. The summed E-state index contributed by atoms with van der Waals surface area (Å²) >= 11 is 1.29. The lowest BCUT2D eigenvalue weighted by Crippen LogP contribution is -2.39. The molecule has 1 aliphatic heterocycles. The molecular weight excluding hydrogens is 490 g/mol. The van der Waals surface area contributed by atoms with Crippen LogP contribution < -0.4 is 9.64 Å². The molecule has 190 valence electrons. The summed E-state index contributed by atoms with van der Waals surface area (Å²) < 4.78 is 11.9. The predicted octanol–water partition coefficient (Wildman–Crippen LogP) is 3.88. The number of fused-ring (bicyclic) bond motifs is 1. The van der Waals surface area contributed by atoms with Gasteiger partial charge in [0.1, 0.15) is 11.3 Å². The first-order chi connectivity index (χ1) is 17.4. The first-order valence-corrected chi connectivity index (χ1v) is 12.3. The summed E-state index contributed by atoms with van der Waals surface area (Å²) in [5.74, 6) is -0.00926. The lowest BCUT2D eigenvalue weighted by molar-refractivity contribution is -0.394. The minimum Gasteiger partial charge on any atom is -0.492 e. The molecule has 0 atom stereocenters. The highest BCUT2D eigenvalue weighted by atomic mass is 32.1. The highest BCUT2D eigenvalue weighted by molar-refractivity contribution is 7.22. The van der Waals surface area contributed by atoms with Crippen LogP contribution in [0.15, 0.2) is 36.4 Å². The molecule has 1 fully saturated rings. The zero-order valence-corrected chi connectivity index (χ0v) is 20.4. The van der Waals surface area contributed by atoms with Gasteiger partial charge in [0.15, 0.2) is 5.13 Å². The van der Waals surface area contributed by atoms with E-state index in [2.05, 4.69) is 9.88 Å². The van der Waals surface area contributed by atoms with E-state index in [0.717, 1.165) is 42.5 Å². The van der Waals surface area contributed by atoms with Crippen LogP contribution in [-0.4, -0.2) is 71.6 Å². The number of aromatic nitrogens is 1. The molecule has 2 aromatic carbocycles. The van der Waals surface area contributed by atoms with Gasteiger partial charge < -0.3 is 9.47 Å². The number of morpholine rings is 1. The Balaban J connectivity index is 1.69. The van der Waals surface area contributed by atoms with Crippen LogP contribution >= 0.6 is 11.3 Å². The first-order valence-electron chi connectivity index (χ1n) is 11.5. The normalized spacial score (nSPS) is 14.0. The third-order valence-electron chi connectivity index (χ3n) is 5.68. The van der Waals surface area contributed by atoms with Gasteiger partial charge in [0.2, 0.25) is 0 Å². The molecule has 36 heavy (non-hydrogen) atoms.